The first kappa shape index (κ1) is 21.4. The molecule has 10 heteroatoms. The number of pyridine rings is 1. The van der Waals surface area contributed by atoms with E-state index in [1.165, 1.54) is 22.8 Å². The van der Waals surface area contributed by atoms with E-state index in [1.54, 1.807) is 30.9 Å². The number of amides is 2. The molecule has 4 rings (SSSR count). The number of sulfonamides is 1. The first-order valence-electron chi connectivity index (χ1n) is 10.1. The zero-order valence-electron chi connectivity index (χ0n) is 17.5. The van der Waals surface area contributed by atoms with Gasteiger partial charge in [-0.1, -0.05) is 12.1 Å². The summed E-state index contributed by atoms with van der Waals surface area (Å²) in [7, 11) is -3.60. The number of para-hydroxylation sites is 2. The van der Waals surface area contributed by atoms with Gasteiger partial charge in [-0.3, -0.25) is 24.4 Å². The molecule has 1 fully saturated rings. The van der Waals surface area contributed by atoms with Crippen LogP contribution in [0.4, 0.5) is 11.4 Å². The molecular formula is C21H25N5O4S. The Kier molecular flexibility index (Phi) is 5.54. The van der Waals surface area contributed by atoms with Crippen molar-refractivity contribution in [3.8, 4) is 0 Å². The number of anilines is 2. The average molecular weight is 444 g/mol. The van der Waals surface area contributed by atoms with Crippen molar-refractivity contribution in [2.75, 3.05) is 42.9 Å². The van der Waals surface area contributed by atoms with Crippen molar-refractivity contribution in [2.45, 2.75) is 24.3 Å². The maximum Gasteiger partial charge on any atom is 0.250 e. The fourth-order valence-corrected chi connectivity index (χ4v) is 5.32. The van der Waals surface area contributed by atoms with Crippen LogP contribution in [0.1, 0.15) is 13.8 Å². The lowest BCUT2D eigenvalue weighted by atomic mass is 9.96. The molecule has 0 aliphatic carbocycles. The van der Waals surface area contributed by atoms with Crippen LogP contribution in [0.5, 0.6) is 0 Å². The van der Waals surface area contributed by atoms with E-state index < -0.39 is 15.6 Å². The van der Waals surface area contributed by atoms with Gasteiger partial charge in [-0.25, -0.2) is 8.42 Å². The number of rotatable bonds is 4. The summed E-state index contributed by atoms with van der Waals surface area (Å²) < 4.78 is 27.0. The summed E-state index contributed by atoms with van der Waals surface area (Å²) in [5.41, 5.74) is 0.235. The van der Waals surface area contributed by atoms with Crippen LogP contribution in [0.3, 0.4) is 0 Å². The highest BCUT2D eigenvalue weighted by molar-refractivity contribution is 7.89. The number of benzene rings is 1. The van der Waals surface area contributed by atoms with Crippen LogP contribution in [0, 0.1) is 0 Å². The molecule has 2 aliphatic rings. The molecule has 3 heterocycles. The van der Waals surface area contributed by atoms with Crippen LogP contribution in [0.2, 0.25) is 0 Å². The fraction of sp³-hybridized carbons (Fsp3) is 0.381. The molecule has 0 radical (unpaired) electrons. The SMILES string of the molecule is CC1(C)C(=O)Nc2ccccc2N1C(=O)CN1CCN(S(=O)(=O)c2cccnc2)CC1. The van der Waals surface area contributed by atoms with Gasteiger partial charge in [-0.15, -0.1) is 0 Å². The largest absolute Gasteiger partial charge is 0.322 e. The van der Waals surface area contributed by atoms with Gasteiger partial charge in [0.2, 0.25) is 21.8 Å². The summed E-state index contributed by atoms with van der Waals surface area (Å²) in [5.74, 6) is -0.442. The van der Waals surface area contributed by atoms with Crippen LogP contribution in [-0.2, 0) is 19.6 Å². The molecule has 2 aromatic rings. The van der Waals surface area contributed by atoms with E-state index in [0.717, 1.165) is 0 Å². The molecule has 0 saturated carbocycles. The van der Waals surface area contributed by atoms with Crippen molar-refractivity contribution in [2.24, 2.45) is 0 Å². The third kappa shape index (κ3) is 3.93. The first-order chi connectivity index (χ1) is 14.7. The first-order valence-corrected chi connectivity index (χ1v) is 11.5. The van der Waals surface area contributed by atoms with Crippen molar-refractivity contribution in [1.29, 1.82) is 0 Å². The summed E-state index contributed by atoms with van der Waals surface area (Å²) >= 11 is 0. The minimum absolute atomic E-state index is 0.103. The van der Waals surface area contributed by atoms with Gasteiger partial charge >= 0.3 is 0 Å². The maximum absolute atomic E-state index is 13.3. The zero-order chi connectivity index (χ0) is 22.2. The number of piperazine rings is 1. The highest BCUT2D eigenvalue weighted by Crippen LogP contribution is 2.36. The maximum atomic E-state index is 13.3. The molecule has 31 heavy (non-hydrogen) atoms. The second-order valence-electron chi connectivity index (χ2n) is 8.13. The van der Waals surface area contributed by atoms with Gasteiger partial charge in [-0.2, -0.15) is 4.31 Å². The number of nitrogens with one attached hydrogen (secondary N) is 1. The molecule has 1 N–H and O–H groups in total. The third-order valence-corrected chi connectivity index (χ3v) is 7.60. The summed E-state index contributed by atoms with van der Waals surface area (Å²) in [5, 5.41) is 2.85. The topological polar surface area (TPSA) is 103 Å². The number of carbonyl (C=O) groups excluding carboxylic acids is 2. The van der Waals surface area contributed by atoms with Gasteiger partial charge in [0, 0.05) is 38.6 Å². The Hall–Kier alpha value is -2.82. The predicted octanol–water partition coefficient (Wildman–Crippen LogP) is 1.15. The zero-order valence-corrected chi connectivity index (χ0v) is 18.3. The fourth-order valence-electron chi connectivity index (χ4n) is 3.94. The van der Waals surface area contributed by atoms with Crippen molar-refractivity contribution in [3.63, 3.8) is 0 Å². The van der Waals surface area contributed by atoms with Crippen molar-refractivity contribution >= 4 is 33.2 Å². The van der Waals surface area contributed by atoms with Crippen LogP contribution in [0.15, 0.2) is 53.7 Å². The summed E-state index contributed by atoms with van der Waals surface area (Å²) in [6.07, 6.45) is 2.87. The smallest absolute Gasteiger partial charge is 0.250 e. The van der Waals surface area contributed by atoms with E-state index in [0.29, 0.717) is 24.5 Å². The number of hydrogen-bond donors (Lipinski definition) is 1. The number of hydrogen-bond acceptors (Lipinski definition) is 6. The van der Waals surface area contributed by atoms with E-state index >= 15 is 0 Å². The lowest BCUT2D eigenvalue weighted by molar-refractivity contribution is -0.127. The lowest BCUT2D eigenvalue weighted by Crippen LogP contribution is -2.61. The Morgan fingerprint density at radius 3 is 2.48 bits per heavy atom. The van der Waals surface area contributed by atoms with E-state index in [2.05, 4.69) is 10.3 Å². The van der Waals surface area contributed by atoms with Crippen molar-refractivity contribution < 1.29 is 18.0 Å². The van der Waals surface area contributed by atoms with Crippen LogP contribution in [-0.4, -0.2) is 72.7 Å². The summed E-state index contributed by atoms with van der Waals surface area (Å²) in [4.78, 5) is 33.3. The van der Waals surface area contributed by atoms with Gasteiger partial charge in [0.05, 0.1) is 17.9 Å². The van der Waals surface area contributed by atoms with E-state index in [9.17, 15) is 18.0 Å². The number of nitrogens with zero attached hydrogens (tertiary/aromatic N) is 4. The molecular weight excluding hydrogens is 418 g/mol. The Morgan fingerprint density at radius 1 is 1.10 bits per heavy atom. The number of carbonyl (C=O) groups is 2. The molecule has 0 bridgehead atoms. The lowest BCUT2D eigenvalue weighted by Gasteiger charge is -2.43. The average Bonchev–Trinajstić information content (AvgIpc) is 2.75. The van der Waals surface area contributed by atoms with Crippen LogP contribution < -0.4 is 10.2 Å². The van der Waals surface area contributed by atoms with Gasteiger partial charge < -0.3 is 5.32 Å². The van der Waals surface area contributed by atoms with Gasteiger partial charge in [0.25, 0.3) is 0 Å². The summed E-state index contributed by atoms with van der Waals surface area (Å²) in [6, 6.07) is 10.3. The normalized spacial score (nSPS) is 19.5. The monoisotopic (exact) mass is 443 g/mol. The molecule has 1 aromatic carbocycles. The standard InChI is InChI=1S/C21H25N5O4S/c1-21(2)20(28)23-17-7-3-4-8-18(17)26(21)19(27)15-24-10-12-25(13-11-24)31(29,30)16-6-5-9-22-14-16/h3-9,14H,10-13,15H2,1-2H3,(H,23,28). The Labute approximate surface area is 181 Å². The molecule has 1 aromatic heterocycles. The van der Waals surface area contributed by atoms with Gasteiger partial charge in [-0.05, 0) is 38.1 Å². The molecule has 0 atom stereocenters. The molecule has 2 amide bonds. The molecule has 2 aliphatic heterocycles. The number of aromatic nitrogens is 1. The van der Waals surface area contributed by atoms with Gasteiger partial charge in [0.15, 0.2) is 0 Å². The van der Waals surface area contributed by atoms with Crippen molar-refractivity contribution in [3.05, 3.63) is 48.8 Å². The second kappa shape index (κ2) is 8.03. The number of fused-ring (bicyclic) bond motifs is 1. The predicted molar refractivity (Wildman–Crippen MR) is 116 cm³/mol. The minimum Gasteiger partial charge on any atom is -0.322 e. The third-order valence-electron chi connectivity index (χ3n) is 5.72. The quantitative estimate of drug-likeness (QED) is 0.761. The molecule has 0 spiro atoms. The second-order valence-corrected chi connectivity index (χ2v) is 10.1. The van der Waals surface area contributed by atoms with Crippen LogP contribution >= 0.6 is 0 Å². The van der Waals surface area contributed by atoms with E-state index in [-0.39, 0.29) is 36.3 Å². The Bertz CT molecular complexity index is 1100. The van der Waals surface area contributed by atoms with E-state index in [1.807, 2.05) is 23.1 Å². The molecule has 0 unspecified atom stereocenters. The summed E-state index contributed by atoms with van der Waals surface area (Å²) in [6.45, 7) is 4.95. The molecule has 1 saturated heterocycles. The van der Waals surface area contributed by atoms with E-state index in [4.69, 9.17) is 0 Å². The minimum atomic E-state index is -3.60. The molecule has 9 nitrogen and oxygen atoms in total. The van der Waals surface area contributed by atoms with Crippen molar-refractivity contribution in [1.82, 2.24) is 14.2 Å². The highest BCUT2D eigenvalue weighted by atomic mass is 32.2. The highest BCUT2D eigenvalue weighted by Gasteiger charge is 2.44. The molecule has 164 valence electrons. The Balaban J connectivity index is 1.45. The van der Waals surface area contributed by atoms with Crippen LogP contribution in [0.25, 0.3) is 0 Å². The van der Waals surface area contributed by atoms with Gasteiger partial charge in [0.1, 0.15) is 10.4 Å². The Morgan fingerprint density at radius 2 is 1.81 bits per heavy atom.